The van der Waals surface area contributed by atoms with Gasteiger partial charge in [-0.05, 0) is 20.3 Å². The van der Waals surface area contributed by atoms with Crippen molar-refractivity contribution in [2.75, 3.05) is 12.8 Å². The molecule has 0 saturated heterocycles. The molecule has 0 unspecified atom stereocenters. The number of nitrogen functional groups attached to an aromatic ring is 1. The van der Waals surface area contributed by atoms with Crippen LogP contribution in [-0.2, 0) is 5.54 Å². The first-order valence-electron chi connectivity index (χ1n) is 5.55. The second kappa shape index (κ2) is 3.87. The summed E-state index contributed by atoms with van der Waals surface area (Å²) in [6.45, 7) is 6.29. The molecule has 0 spiro atoms. The molecule has 0 aliphatic carbocycles. The van der Waals surface area contributed by atoms with Gasteiger partial charge < -0.3 is 10.5 Å². The van der Waals surface area contributed by atoms with Crippen LogP contribution in [0.25, 0.3) is 11.0 Å². The molecule has 0 aliphatic rings. The van der Waals surface area contributed by atoms with Crippen LogP contribution in [-0.4, -0.2) is 26.9 Å². The average molecular weight is 235 g/mol. The fourth-order valence-electron chi connectivity index (χ4n) is 1.66. The van der Waals surface area contributed by atoms with Gasteiger partial charge in [0.25, 0.3) is 0 Å². The largest absolute Gasteiger partial charge is 0.479 e. The number of ether oxygens (including phenoxy) is 1. The highest BCUT2D eigenvalue weighted by molar-refractivity contribution is 5.90. The van der Waals surface area contributed by atoms with Gasteiger partial charge in [-0.25, -0.2) is 14.6 Å². The van der Waals surface area contributed by atoms with Gasteiger partial charge in [-0.2, -0.15) is 0 Å². The lowest BCUT2D eigenvalue weighted by atomic mass is 10.0. The van der Waals surface area contributed by atoms with E-state index in [1.165, 1.54) is 6.33 Å². The lowest BCUT2D eigenvalue weighted by molar-refractivity contribution is 0.301. The normalized spacial score (nSPS) is 12.0. The molecule has 0 amide bonds. The maximum atomic E-state index is 5.85. The molecule has 0 atom stereocenters. The predicted molar refractivity (Wildman–Crippen MR) is 65.9 cm³/mol. The van der Waals surface area contributed by atoms with Crippen molar-refractivity contribution in [2.24, 2.45) is 0 Å². The Morgan fingerprint density at radius 2 is 2.12 bits per heavy atom. The maximum absolute atomic E-state index is 5.85. The minimum Gasteiger partial charge on any atom is -0.479 e. The van der Waals surface area contributed by atoms with E-state index in [-0.39, 0.29) is 5.54 Å². The summed E-state index contributed by atoms with van der Waals surface area (Å²) in [5, 5.41) is 5.10. The number of nitrogens with two attached hydrogens (primary N) is 1. The van der Waals surface area contributed by atoms with Crippen molar-refractivity contribution in [2.45, 2.75) is 32.7 Å². The van der Waals surface area contributed by atoms with Crippen LogP contribution < -0.4 is 10.5 Å². The number of rotatable bonds is 3. The Morgan fingerprint density at radius 1 is 1.41 bits per heavy atom. The number of fused-ring (bicyclic) bond motifs is 1. The summed E-state index contributed by atoms with van der Waals surface area (Å²) in [5.41, 5.74) is 6.41. The first-order chi connectivity index (χ1) is 8.01. The van der Waals surface area contributed by atoms with Crippen molar-refractivity contribution in [3.63, 3.8) is 0 Å². The highest BCUT2D eigenvalue weighted by Gasteiger charge is 2.25. The van der Waals surface area contributed by atoms with Gasteiger partial charge in [0.2, 0.25) is 5.88 Å². The molecule has 2 heterocycles. The summed E-state index contributed by atoms with van der Waals surface area (Å²) in [5.74, 6) is 0.865. The number of anilines is 1. The Kier molecular flexibility index (Phi) is 2.65. The fourth-order valence-corrected chi connectivity index (χ4v) is 1.66. The van der Waals surface area contributed by atoms with E-state index in [9.17, 15) is 0 Å². The van der Waals surface area contributed by atoms with Crippen molar-refractivity contribution < 1.29 is 4.74 Å². The number of methoxy groups -OCH3 is 1. The van der Waals surface area contributed by atoms with Gasteiger partial charge in [0.1, 0.15) is 17.5 Å². The Balaban J connectivity index is 2.79. The molecule has 17 heavy (non-hydrogen) atoms. The van der Waals surface area contributed by atoms with E-state index in [1.54, 1.807) is 7.11 Å². The van der Waals surface area contributed by atoms with Gasteiger partial charge in [0, 0.05) is 0 Å². The molecule has 0 saturated carbocycles. The van der Waals surface area contributed by atoms with Gasteiger partial charge in [-0.3, -0.25) is 0 Å². The van der Waals surface area contributed by atoms with Crippen LogP contribution in [0.4, 0.5) is 5.82 Å². The lowest BCUT2D eigenvalue weighted by Gasteiger charge is -2.23. The molecule has 0 aliphatic heterocycles. The third-order valence-electron chi connectivity index (χ3n) is 3.09. The summed E-state index contributed by atoms with van der Waals surface area (Å²) >= 11 is 0. The SMILES string of the molecule is CCC(C)(C)n1nc(OC)c2c(N)ncnc21. The van der Waals surface area contributed by atoms with Gasteiger partial charge >= 0.3 is 0 Å². The van der Waals surface area contributed by atoms with Crippen LogP contribution in [0.15, 0.2) is 6.33 Å². The highest BCUT2D eigenvalue weighted by atomic mass is 16.5. The van der Waals surface area contributed by atoms with E-state index >= 15 is 0 Å². The molecule has 2 aromatic heterocycles. The van der Waals surface area contributed by atoms with Crippen LogP contribution >= 0.6 is 0 Å². The number of nitrogens with zero attached hydrogens (tertiary/aromatic N) is 4. The molecule has 2 aromatic rings. The van der Waals surface area contributed by atoms with Gasteiger partial charge in [-0.15, -0.1) is 5.10 Å². The first-order valence-corrected chi connectivity index (χ1v) is 5.55. The van der Waals surface area contributed by atoms with Crippen molar-refractivity contribution in [3.05, 3.63) is 6.33 Å². The van der Waals surface area contributed by atoms with Crippen molar-refractivity contribution >= 4 is 16.9 Å². The van der Waals surface area contributed by atoms with Gasteiger partial charge in [0.15, 0.2) is 5.65 Å². The third kappa shape index (κ3) is 1.69. The minimum absolute atomic E-state index is 0.143. The minimum atomic E-state index is -0.143. The Bertz CT molecular complexity index is 546. The molecular formula is C11H17N5O. The summed E-state index contributed by atoms with van der Waals surface area (Å²) < 4.78 is 7.08. The molecule has 0 fully saturated rings. The summed E-state index contributed by atoms with van der Waals surface area (Å²) in [6.07, 6.45) is 2.37. The van der Waals surface area contributed by atoms with Crippen LogP contribution in [0.5, 0.6) is 5.88 Å². The van der Waals surface area contributed by atoms with Crippen molar-refractivity contribution in [1.29, 1.82) is 0 Å². The predicted octanol–water partition coefficient (Wildman–Crippen LogP) is 1.56. The van der Waals surface area contributed by atoms with Crippen molar-refractivity contribution in [3.8, 4) is 5.88 Å². The maximum Gasteiger partial charge on any atom is 0.246 e. The summed E-state index contributed by atoms with van der Waals surface area (Å²) in [4.78, 5) is 8.22. The highest BCUT2D eigenvalue weighted by Crippen LogP contribution is 2.31. The molecule has 0 bridgehead atoms. The molecule has 6 nitrogen and oxygen atoms in total. The Morgan fingerprint density at radius 3 is 2.71 bits per heavy atom. The number of aromatic nitrogens is 4. The van der Waals surface area contributed by atoms with E-state index in [0.717, 1.165) is 6.42 Å². The van der Waals surface area contributed by atoms with E-state index in [0.29, 0.717) is 22.7 Å². The summed E-state index contributed by atoms with van der Waals surface area (Å²) in [6, 6.07) is 0. The third-order valence-corrected chi connectivity index (χ3v) is 3.09. The second-order valence-electron chi connectivity index (χ2n) is 4.54. The summed E-state index contributed by atoms with van der Waals surface area (Å²) in [7, 11) is 1.57. The van der Waals surface area contributed by atoms with Crippen LogP contribution in [0.2, 0.25) is 0 Å². The van der Waals surface area contributed by atoms with E-state index in [4.69, 9.17) is 10.5 Å². The van der Waals surface area contributed by atoms with E-state index in [2.05, 4.69) is 35.8 Å². The molecule has 2 rings (SSSR count). The van der Waals surface area contributed by atoms with Crippen LogP contribution in [0.1, 0.15) is 27.2 Å². The Hall–Kier alpha value is -1.85. The smallest absolute Gasteiger partial charge is 0.246 e. The first kappa shape index (κ1) is 11.6. The van der Waals surface area contributed by atoms with Gasteiger partial charge in [-0.1, -0.05) is 6.92 Å². The second-order valence-corrected chi connectivity index (χ2v) is 4.54. The molecule has 0 aromatic carbocycles. The van der Waals surface area contributed by atoms with E-state index < -0.39 is 0 Å². The zero-order valence-electron chi connectivity index (χ0n) is 10.6. The monoisotopic (exact) mass is 235 g/mol. The quantitative estimate of drug-likeness (QED) is 0.873. The van der Waals surface area contributed by atoms with Gasteiger partial charge in [0.05, 0.1) is 12.6 Å². The van der Waals surface area contributed by atoms with Crippen molar-refractivity contribution in [1.82, 2.24) is 19.7 Å². The molecule has 6 heteroatoms. The average Bonchev–Trinajstić information content (AvgIpc) is 2.70. The molecular weight excluding hydrogens is 218 g/mol. The standard InChI is InChI=1S/C11H17N5O/c1-5-11(2,3)16-9-7(10(15-16)17-4)8(12)13-6-14-9/h6H,5H2,1-4H3,(H2,12,13,14). The van der Waals surface area contributed by atoms with Crippen LogP contribution in [0, 0.1) is 0 Å². The van der Waals surface area contributed by atoms with Crippen LogP contribution in [0.3, 0.4) is 0 Å². The Labute approximate surface area is 99.8 Å². The number of hydrogen-bond acceptors (Lipinski definition) is 5. The zero-order valence-corrected chi connectivity index (χ0v) is 10.6. The molecule has 92 valence electrons. The number of hydrogen-bond donors (Lipinski definition) is 1. The zero-order chi connectivity index (χ0) is 12.6. The molecule has 2 N–H and O–H groups in total. The van der Waals surface area contributed by atoms with E-state index in [1.807, 2.05) is 4.68 Å². The molecule has 0 radical (unpaired) electrons. The fraction of sp³-hybridized carbons (Fsp3) is 0.545. The topological polar surface area (TPSA) is 78.9 Å². The lowest BCUT2D eigenvalue weighted by Crippen LogP contribution is -2.26.